The largest absolute Gasteiger partial charge is 0.477 e. The second-order valence-electron chi connectivity index (χ2n) is 12.8. The number of anilines is 1. The molecule has 9 heteroatoms. The third-order valence-electron chi connectivity index (χ3n) is 8.19. The Kier molecular flexibility index (Phi) is 9.60. The van der Waals surface area contributed by atoms with Crippen LogP contribution in [0, 0.1) is 29.1 Å². The summed E-state index contributed by atoms with van der Waals surface area (Å²) in [6.45, 7) is 8.22. The van der Waals surface area contributed by atoms with Crippen LogP contribution < -0.4 is 10.2 Å². The summed E-state index contributed by atoms with van der Waals surface area (Å²) < 4.78 is 5.43. The molecule has 0 bridgehead atoms. The van der Waals surface area contributed by atoms with Gasteiger partial charge in [-0.3, -0.25) is 9.59 Å². The lowest BCUT2D eigenvalue weighted by Gasteiger charge is -2.39. The van der Waals surface area contributed by atoms with Crippen molar-refractivity contribution in [2.24, 2.45) is 17.3 Å². The van der Waals surface area contributed by atoms with Gasteiger partial charge in [-0.25, -0.2) is 9.59 Å². The molecule has 3 saturated carbocycles. The summed E-state index contributed by atoms with van der Waals surface area (Å²) in [6.07, 6.45) is 6.65. The standard InChI is InChI=1S/C31H42N2O6S/c1-19-5-7-20(8-6-19)28(35)33(26-18-25(15-16-31(2,3)4)40-27(26)29(36)37)22-11-9-21(10-12-22)32-30(38)39-24-14-13-23(34)17-24/h18-22,24H,5-14,17H2,1-4H3,(H,32,38)(H,36,37)/t19-,20-,21?,22?,24-/m1/s1. The van der Waals surface area contributed by atoms with Gasteiger partial charge in [-0.1, -0.05) is 18.8 Å². The van der Waals surface area contributed by atoms with Crippen LogP contribution in [-0.4, -0.2) is 47.0 Å². The van der Waals surface area contributed by atoms with Crippen molar-refractivity contribution in [3.8, 4) is 11.8 Å². The first kappa shape index (κ1) is 30.1. The predicted octanol–water partition coefficient (Wildman–Crippen LogP) is 6.16. The number of ketones is 1. The molecule has 0 aliphatic heterocycles. The van der Waals surface area contributed by atoms with Gasteiger partial charge >= 0.3 is 12.1 Å². The van der Waals surface area contributed by atoms with E-state index >= 15 is 0 Å². The summed E-state index contributed by atoms with van der Waals surface area (Å²) in [5.41, 5.74) is 0.211. The Bertz CT molecular complexity index is 1170. The van der Waals surface area contributed by atoms with Gasteiger partial charge in [0, 0.05) is 36.3 Å². The third-order valence-corrected chi connectivity index (χ3v) is 9.22. The van der Waals surface area contributed by atoms with Gasteiger partial charge in [0.2, 0.25) is 5.91 Å². The normalized spacial score (nSPS) is 26.9. The quantitative estimate of drug-likeness (QED) is 0.396. The summed E-state index contributed by atoms with van der Waals surface area (Å²) in [7, 11) is 0. The molecule has 3 aliphatic carbocycles. The monoisotopic (exact) mass is 570 g/mol. The molecule has 1 heterocycles. The van der Waals surface area contributed by atoms with Crippen LogP contribution in [0.1, 0.15) is 113 Å². The van der Waals surface area contributed by atoms with Crippen molar-refractivity contribution in [1.82, 2.24) is 5.32 Å². The van der Waals surface area contributed by atoms with Gasteiger partial charge in [-0.05, 0) is 90.5 Å². The lowest BCUT2D eigenvalue weighted by atomic mass is 9.81. The number of aromatic carboxylic acids is 1. The molecule has 4 rings (SSSR count). The highest BCUT2D eigenvalue weighted by Gasteiger charge is 2.38. The Hall–Kier alpha value is -2.86. The van der Waals surface area contributed by atoms with Gasteiger partial charge in [0.25, 0.3) is 0 Å². The van der Waals surface area contributed by atoms with E-state index in [1.807, 2.05) is 20.8 Å². The van der Waals surface area contributed by atoms with E-state index in [0.717, 1.165) is 37.0 Å². The molecule has 1 aromatic rings. The Balaban J connectivity index is 1.52. The van der Waals surface area contributed by atoms with Crippen molar-refractivity contribution in [1.29, 1.82) is 0 Å². The Morgan fingerprint density at radius 2 is 1.73 bits per heavy atom. The van der Waals surface area contributed by atoms with Crippen LogP contribution in [0.5, 0.6) is 0 Å². The van der Waals surface area contributed by atoms with Crippen molar-refractivity contribution < 1.29 is 29.0 Å². The first-order valence-corrected chi connectivity index (χ1v) is 15.4. The molecule has 0 spiro atoms. The van der Waals surface area contributed by atoms with Gasteiger partial charge in [0.15, 0.2) is 0 Å². The number of thiophene rings is 1. The van der Waals surface area contributed by atoms with Crippen molar-refractivity contribution in [3.05, 3.63) is 15.8 Å². The van der Waals surface area contributed by atoms with Crippen molar-refractivity contribution >= 4 is 40.8 Å². The number of carbonyl (C=O) groups excluding carboxylic acids is 3. The van der Waals surface area contributed by atoms with Crippen molar-refractivity contribution in [3.63, 3.8) is 0 Å². The molecule has 0 unspecified atom stereocenters. The summed E-state index contributed by atoms with van der Waals surface area (Å²) in [5, 5.41) is 13.0. The van der Waals surface area contributed by atoms with Crippen LogP contribution in [-0.2, 0) is 14.3 Å². The number of Topliss-reactive ketones (excluding diaryl/α,β-unsaturated/α-hetero) is 1. The minimum atomic E-state index is -1.05. The SMILES string of the molecule is CC(C)(C)C#Cc1cc(N(C(=O)[C@H]2CC[C@H](C)CC2)C2CCC(NC(=O)O[C@@H]3CCC(=O)C3)CC2)c(C(=O)O)s1. The van der Waals surface area contributed by atoms with Crippen LogP contribution in [0.25, 0.3) is 0 Å². The minimum absolute atomic E-state index is 0.00394. The number of rotatable bonds is 6. The molecular weight excluding hydrogens is 528 g/mol. The first-order chi connectivity index (χ1) is 18.9. The third kappa shape index (κ3) is 7.87. The number of nitrogens with zero attached hydrogens (tertiary/aromatic N) is 1. The van der Waals surface area contributed by atoms with Gasteiger partial charge in [0.1, 0.15) is 16.8 Å². The first-order valence-electron chi connectivity index (χ1n) is 14.6. The number of ether oxygens (including phenoxy) is 1. The zero-order chi connectivity index (χ0) is 29.0. The Morgan fingerprint density at radius 1 is 1.05 bits per heavy atom. The minimum Gasteiger partial charge on any atom is -0.477 e. The summed E-state index contributed by atoms with van der Waals surface area (Å²) in [5.74, 6) is 5.85. The fourth-order valence-corrected chi connectivity index (χ4v) is 6.78. The maximum Gasteiger partial charge on any atom is 0.407 e. The van der Waals surface area contributed by atoms with E-state index in [9.17, 15) is 24.3 Å². The molecule has 8 nitrogen and oxygen atoms in total. The highest BCUT2D eigenvalue weighted by atomic mass is 32.1. The average Bonchev–Trinajstić information content (AvgIpc) is 3.50. The van der Waals surface area contributed by atoms with E-state index in [-0.39, 0.29) is 52.5 Å². The molecule has 2 amide bonds. The number of carboxylic acid groups (broad SMARTS) is 1. The second-order valence-corrected chi connectivity index (χ2v) is 13.8. The zero-order valence-electron chi connectivity index (χ0n) is 24.1. The van der Waals surface area contributed by atoms with Crippen LogP contribution >= 0.6 is 11.3 Å². The van der Waals surface area contributed by atoms with E-state index in [4.69, 9.17) is 4.74 Å². The molecule has 40 heavy (non-hydrogen) atoms. The van der Waals surface area contributed by atoms with E-state index < -0.39 is 12.1 Å². The molecule has 3 fully saturated rings. The van der Waals surface area contributed by atoms with Gasteiger partial charge < -0.3 is 20.1 Å². The van der Waals surface area contributed by atoms with Gasteiger partial charge in [0.05, 0.1) is 10.6 Å². The lowest BCUT2D eigenvalue weighted by Crippen LogP contribution is -2.49. The molecule has 0 aromatic carbocycles. The van der Waals surface area contributed by atoms with Gasteiger partial charge in [-0.15, -0.1) is 11.3 Å². The molecule has 0 radical (unpaired) electrons. The smallest absolute Gasteiger partial charge is 0.407 e. The van der Waals surface area contributed by atoms with E-state index in [1.165, 1.54) is 0 Å². The number of nitrogens with one attached hydrogen (secondary N) is 1. The van der Waals surface area contributed by atoms with E-state index in [2.05, 4.69) is 24.1 Å². The number of hydrogen-bond donors (Lipinski definition) is 2. The Labute approximate surface area is 241 Å². The number of carbonyl (C=O) groups is 4. The lowest BCUT2D eigenvalue weighted by molar-refractivity contribution is -0.124. The zero-order valence-corrected chi connectivity index (χ0v) is 24.9. The fourth-order valence-electron chi connectivity index (χ4n) is 5.93. The molecular formula is C31H42N2O6S. The second kappa shape index (κ2) is 12.8. The average molecular weight is 571 g/mol. The fraction of sp³-hybridized carbons (Fsp3) is 0.677. The van der Waals surface area contributed by atoms with Crippen molar-refractivity contribution in [2.75, 3.05) is 4.90 Å². The highest BCUT2D eigenvalue weighted by molar-refractivity contribution is 7.15. The molecule has 1 atom stereocenters. The maximum atomic E-state index is 14.1. The maximum absolute atomic E-state index is 14.1. The van der Waals surface area contributed by atoms with Gasteiger partial charge in [-0.2, -0.15) is 0 Å². The van der Waals surface area contributed by atoms with Crippen LogP contribution in [0.3, 0.4) is 0 Å². The molecule has 2 N–H and O–H groups in total. The number of carboxylic acids is 1. The van der Waals surface area contributed by atoms with E-state index in [0.29, 0.717) is 55.0 Å². The van der Waals surface area contributed by atoms with Crippen LogP contribution in [0.4, 0.5) is 10.5 Å². The summed E-state index contributed by atoms with van der Waals surface area (Å²) >= 11 is 1.12. The number of alkyl carbamates (subject to hydrolysis) is 1. The van der Waals surface area contributed by atoms with Crippen LogP contribution in [0.15, 0.2) is 6.07 Å². The topological polar surface area (TPSA) is 113 Å². The Morgan fingerprint density at radius 3 is 2.30 bits per heavy atom. The molecule has 218 valence electrons. The number of amides is 2. The summed E-state index contributed by atoms with van der Waals surface area (Å²) in [4.78, 5) is 52.9. The summed E-state index contributed by atoms with van der Waals surface area (Å²) in [6, 6.07) is 1.52. The van der Waals surface area contributed by atoms with Crippen molar-refractivity contribution in [2.45, 2.75) is 117 Å². The van der Waals surface area contributed by atoms with E-state index in [1.54, 1.807) is 11.0 Å². The highest BCUT2D eigenvalue weighted by Crippen LogP contribution is 2.39. The molecule has 0 saturated heterocycles. The van der Waals surface area contributed by atoms with Crippen LogP contribution in [0.2, 0.25) is 0 Å². The predicted molar refractivity (Wildman–Crippen MR) is 155 cm³/mol. The molecule has 1 aromatic heterocycles. The number of hydrogen-bond acceptors (Lipinski definition) is 6. The molecule has 3 aliphatic rings.